The third-order valence-electron chi connectivity index (χ3n) is 2.76. The van der Waals surface area contributed by atoms with Crippen LogP contribution in [-0.2, 0) is 0 Å². The second-order valence-corrected chi connectivity index (χ2v) is 4.18. The average molecular weight is 234 g/mol. The molecular formula is C14H18O3. The van der Waals surface area contributed by atoms with Crippen molar-refractivity contribution in [3.63, 3.8) is 0 Å². The molecule has 0 saturated heterocycles. The van der Waals surface area contributed by atoms with Crippen molar-refractivity contribution in [1.82, 2.24) is 0 Å². The Kier molecular flexibility index (Phi) is 4.04. The molecule has 0 saturated carbocycles. The highest BCUT2D eigenvalue weighted by Crippen LogP contribution is 2.32. The predicted octanol–water partition coefficient (Wildman–Crippen LogP) is 2.98. The second-order valence-electron chi connectivity index (χ2n) is 4.18. The van der Waals surface area contributed by atoms with Gasteiger partial charge in [-0.1, -0.05) is 38.0 Å². The lowest BCUT2D eigenvalue weighted by Crippen LogP contribution is -2.00. The number of aliphatic hydroxyl groups excluding tert-OH is 1. The van der Waals surface area contributed by atoms with E-state index in [1.54, 1.807) is 0 Å². The van der Waals surface area contributed by atoms with Crippen LogP contribution in [-0.4, -0.2) is 18.0 Å². The van der Waals surface area contributed by atoms with E-state index in [2.05, 4.69) is 6.92 Å². The summed E-state index contributed by atoms with van der Waals surface area (Å²) in [7, 11) is 0. The van der Waals surface area contributed by atoms with Crippen LogP contribution in [0.15, 0.2) is 24.3 Å². The van der Waals surface area contributed by atoms with Gasteiger partial charge in [0.1, 0.15) is 0 Å². The topological polar surface area (TPSA) is 38.7 Å². The van der Waals surface area contributed by atoms with Gasteiger partial charge in [0.2, 0.25) is 6.79 Å². The highest BCUT2D eigenvalue weighted by molar-refractivity contribution is 5.56. The predicted molar refractivity (Wildman–Crippen MR) is 67.1 cm³/mol. The Balaban J connectivity index is 1.96. The van der Waals surface area contributed by atoms with Crippen molar-refractivity contribution in [1.29, 1.82) is 0 Å². The zero-order valence-corrected chi connectivity index (χ0v) is 10.1. The van der Waals surface area contributed by atoms with Gasteiger partial charge in [0.15, 0.2) is 11.5 Å². The monoisotopic (exact) mass is 234 g/mol. The van der Waals surface area contributed by atoms with Crippen LogP contribution >= 0.6 is 0 Å². The number of unbranched alkanes of at least 4 members (excludes halogenated alkanes) is 1. The molecule has 17 heavy (non-hydrogen) atoms. The van der Waals surface area contributed by atoms with E-state index in [0.717, 1.165) is 36.3 Å². The molecule has 0 radical (unpaired) electrons. The van der Waals surface area contributed by atoms with Crippen LogP contribution in [0.3, 0.4) is 0 Å². The Labute approximate surface area is 102 Å². The first-order chi connectivity index (χ1) is 8.29. The van der Waals surface area contributed by atoms with Gasteiger partial charge in [0.25, 0.3) is 0 Å². The van der Waals surface area contributed by atoms with E-state index in [1.807, 2.05) is 30.4 Å². The van der Waals surface area contributed by atoms with Crippen molar-refractivity contribution in [3.8, 4) is 11.5 Å². The molecule has 1 aliphatic heterocycles. The first-order valence-corrected chi connectivity index (χ1v) is 6.05. The van der Waals surface area contributed by atoms with Gasteiger partial charge < -0.3 is 14.6 Å². The summed E-state index contributed by atoms with van der Waals surface area (Å²) in [5.41, 5.74) is 1.02. The molecule has 0 bridgehead atoms. The van der Waals surface area contributed by atoms with Crippen LogP contribution in [0.4, 0.5) is 0 Å². The Hall–Kier alpha value is -1.48. The van der Waals surface area contributed by atoms with Gasteiger partial charge in [-0.2, -0.15) is 0 Å². The zero-order valence-electron chi connectivity index (χ0n) is 10.1. The SMILES string of the molecule is CCCCC(O)/C=C/c1ccc2c(c1)OCO2. The normalized spacial score (nSPS) is 15.4. The van der Waals surface area contributed by atoms with E-state index in [-0.39, 0.29) is 6.10 Å². The summed E-state index contributed by atoms with van der Waals surface area (Å²) in [6, 6.07) is 5.77. The van der Waals surface area contributed by atoms with Crippen molar-refractivity contribution >= 4 is 6.08 Å². The van der Waals surface area contributed by atoms with Crippen LogP contribution in [0.2, 0.25) is 0 Å². The third kappa shape index (κ3) is 3.24. The maximum atomic E-state index is 9.69. The van der Waals surface area contributed by atoms with Crippen LogP contribution in [0.25, 0.3) is 6.08 Å². The summed E-state index contributed by atoms with van der Waals surface area (Å²) in [5.74, 6) is 1.56. The van der Waals surface area contributed by atoms with Crippen molar-refractivity contribution in [2.75, 3.05) is 6.79 Å². The molecule has 1 aliphatic rings. The van der Waals surface area contributed by atoms with Crippen LogP contribution in [0.5, 0.6) is 11.5 Å². The molecule has 92 valence electrons. The molecule has 0 amide bonds. The molecule has 0 fully saturated rings. The molecule has 1 N–H and O–H groups in total. The molecule has 0 aliphatic carbocycles. The molecule has 1 aromatic rings. The Bertz CT molecular complexity index is 398. The molecule has 3 heteroatoms. The maximum Gasteiger partial charge on any atom is 0.231 e. The molecule has 1 heterocycles. The quantitative estimate of drug-likeness (QED) is 0.851. The van der Waals surface area contributed by atoms with Crippen LogP contribution in [0.1, 0.15) is 31.7 Å². The molecule has 3 nitrogen and oxygen atoms in total. The summed E-state index contributed by atoms with van der Waals surface area (Å²) in [6.45, 7) is 2.41. The van der Waals surface area contributed by atoms with Gasteiger partial charge in [-0.3, -0.25) is 0 Å². The number of benzene rings is 1. The minimum Gasteiger partial charge on any atom is -0.454 e. The fourth-order valence-electron chi connectivity index (χ4n) is 1.75. The maximum absolute atomic E-state index is 9.69. The standard InChI is InChI=1S/C14H18O3/c1-2-3-4-12(15)7-5-11-6-8-13-14(9-11)17-10-16-13/h5-9,12,15H,2-4,10H2,1H3/b7-5+. The molecular weight excluding hydrogens is 216 g/mol. The zero-order chi connectivity index (χ0) is 12.1. The lowest BCUT2D eigenvalue weighted by atomic mass is 10.1. The van der Waals surface area contributed by atoms with Gasteiger partial charge in [-0.15, -0.1) is 0 Å². The molecule has 1 atom stereocenters. The first-order valence-electron chi connectivity index (χ1n) is 6.05. The van der Waals surface area contributed by atoms with Crippen LogP contribution in [0, 0.1) is 0 Å². The van der Waals surface area contributed by atoms with E-state index in [0.29, 0.717) is 6.79 Å². The summed E-state index contributed by atoms with van der Waals surface area (Å²) in [6.07, 6.45) is 6.36. The van der Waals surface area contributed by atoms with Crippen LogP contribution < -0.4 is 9.47 Å². The number of aliphatic hydroxyl groups is 1. The van der Waals surface area contributed by atoms with Gasteiger partial charge in [-0.05, 0) is 24.1 Å². The smallest absolute Gasteiger partial charge is 0.231 e. The lowest BCUT2D eigenvalue weighted by molar-refractivity contribution is 0.174. The van der Waals surface area contributed by atoms with Gasteiger partial charge >= 0.3 is 0 Å². The van der Waals surface area contributed by atoms with E-state index < -0.39 is 0 Å². The Morgan fingerprint density at radius 1 is 1.35 bits per heavy atom. The molecule has 0 aromatic heterocycles. The van der Waals surface area contributed by atoms with Crippen molar-refractivity contribution in [2.45, 2.75) is 32.3 Å². The minimum absolute atomic E-state index is 0.293. The summed E-state index contributed by atoms with van der Waals surface area (Å²) in [4.78, 5) is 0. The third-order valence-corrected chi connectivity index (χ3v) is 2.76. The minimum atomic E-state index is -0.361. The number of hydrogen-bond donors (Lipinski definition) is 1. The van der Waals surface area contributed by atoms with Crippen molar-refractivity contribution in [2.24, 2.45) is 0 Å². The summed E-state index contributed by atoms with van der Waals surface area (Å²) < 4.78 is 10.5. The highest BCUT2D eigenvalue weighted by Gasteiger charge is 2.12. The van der Waals surface area contributed by atoms with E-state index in [1.165, 1.54) is 0 Å². The largest absolute Gasteiger partial charge is 0.454 e. The van der Waals surface area contributed by atoms with Crippen molar-refractivity contribution < 1.29 is 14.6 Å². The second kappa shape index (κ2) is 5.73. The van der Waals surface area contributed by atoms with E-state index >= 15 is 0 Å². The van der Waals surface area contributed by atoms with Gasteiger partial charge in [0, 0.05) is 0 Å². The Morgan fingerprint density at radius 3 is 3.00 bits per heavy atom. The molecule has 1 aromatic carbocycles. The van der Waals surface area contributed by atoms with E-state index in [9.17, 15) is 5.11 Å². The van der Waals surface area contributed by atoms with Crippen molar-refractivity contribution in [3.05, 3.63) is 29.8 Å². The fraction of sp³-hybridized carbons (Fsp3) is 0.429. The highest BCUT2D eigenvalue weighted by atomic mass is 16.7. The summed E-state index contributed by atoms with van der Waals surface area (Å²) >= 11 is 0. The molecule has 2 rings (SSSR count). The summed E-state index contributed by atoms with van der Waals surface area (Å²) in [5, 5.41) is 9.69. The van der Waals surface area contributed by atoms with E-state index in [4.69, 9.17) is 9.47 Å². The van der Waals surface area contributed by atoms with Gasteiger partial charge in [-0.25, -0.2) is 0 Å². The number of rotatable bonds is 5. The first kappa shape index (κ1) is 12.0. The average Bonchev–Trinajstić information content (AvgIpc) is 2.81. The number of fused-ring (bicyclic) bond motifs is 1. The number of hydrogen-bond acceptors (Lipinski definition) is 3. The number of ether oxygens (including phenoxy) is 2. The molecule has 0 spiro atoms. The van der Waals surface area contributed by atoms with Gasteiger partial charge in [0.05, 0.1) is 6.10 Å². The fourth-order valence-corrected chi connectivity index (χ4v) is 1.75. The Morgan fingerprint density at radius 2 is 2.18 bits per heavy atom. The molecule has 1 unspecified atom stereocenters. The lowest BCUT2D eigenvalue weighted by Gasteiger charge is -2.03.